The monoisotopic (exact) mass is 225 g/mol. The topological polar surface area (TPSA) is 41.6 Å². The fourth-order valence-electron chi connectivity index (χ4n) is 2.67. The molecule has 1 aliphatic carbocycles. The Kier molecular flexibility index (Phi) is 4.22. The Morgan fingerprint density at radius 3 is 2.25 bits per heavy atom. The van der Waals surface area contributed by atoms with Crippen molar-refractivity contribution in [1.82, 2.24) is 4.90 Å². The van der Waals surface area contributed by atoms with E-state index in [0.29, 0.717) is 17.4 Å². The van der Waals surface area contributed by atoms with Gasteiger partial charge in [-0.1, -0.05) is 20.8 Å². The molecular weight excluding hydrogens is 198 g/mol. The predicted molar refractivity (Wildman–Crippen MR) is 70.5 cm³/mol. The smallest absolute Gasteiger partial charge is 0.191 e. The van der Waals surface area contributed by atoms with Crippen molar-refractivity contribution in [2.75, 3.05) is 13.1 Å². The second-order valence-electron chi connectivity index (χ2n) is 5.12. The van der Waals surface area contributed by atoms with Gasteiger partial charge >= 0.3 is 0 Å². The standard InChI is InChI=1S/C13H27N3/c1-6-13(10(4)5)9-11(13)15-12(14)16(7-2)8-3/h10-11H,6-9H2,1-5H3,(H2,14,15). The van der Waals surface area contributed by atoms with Crippen LogP contribution in [0.15, 0.2) is 4.99 Å². The number of nitrogens with two attached hydrogens (primary N) is 1. The van der Waals surface area contributed by atoms with E-state index in [2.05, 4.69) is 39.5 Å². The summed E-state index contributed by atoms with van der Waals surface area (Å²) >= 11 is 0. The average Bonchev–Trinajstić information content (AvgIpc) is 2.94. The maximum absolute atomic E-state index is 6.03. The van der Waals surface area contributed by atoms with Crippen molar-refractivity contribution < 1.29 is 0 Å². The summed E-state index contributed by atoms with van der Waals surface area (Å²) in [6.45, 7) is 13.0. The molecule has 0 heterocycles. The number of guanidine groups is 1. The summed E-state index contributed by atoms with van der Waals surface area (Å²) in [6.07, 6.45) is 2.42. The van der Waals surface area contributed by atoms with Crippen molar-refractivity contribution in [2.45, 2.75) is 53.5 Å². The van der Waals surface area contributed by atoms with Gasteiger partial charge in [-0.15, -0.1) is 0 Å². The molecule has 2 unspecified atom stereocenters. The molecule has 1 fully saturated rings. The van der Waals surface area contributed by atoms with Crippen LogP contribution < -0.4 is 5.73 Å². The fraction of sp³-hybridized carbons (Fsp3) is 0.923. The van der Waals surface area contributed by atoms with E-state index in [1.807, 2.05) is 0 Å². The van der Waals surface area contributed by atoms with Gasteiger partial charge < -0.3 is 10.6 Å². The maximum atomic E-state index is 6.03. The molecule has 0 radical (unpaired) electrons. The molecule has 1 saturated carbocycles. The Bertz CT molecular complexity index is 256. The first-order valence-electron chi connectivity index (χ1n) is 6.60. The summed E-state index contributed by atoms with van der Waals surface area (Å²) in [5.41, 5.74) is 6.46. The molecule has 0 saturated heterocycles. The predicted octanol–water partition coefficient (Wildman–Crippen LogP) is 2.47. The molecular formula is C13H27N3. The van der Waals surface area contributed by atoms with Gasteiger partial charge in [0.2, 0.25) is 0 Å². The second kappa shape index (κ2) is 5.07. The van der Waals surface area contributed by atoms with Crippen molar-refractivity contribution in [3.05, 3.63) is 0 Å². The van der Waals surface area contributed by atoms with Gasteiger partial charge in [0.1, 0.15) is 0 Å². The molecule has 0 aromatic rings. The third-order valence-electron chi connectivity index (χ3n) is 4.26. The molecule has 0 aliphatic heterocycles. The van der Waals surface area contributed by atoms with Crippen molar-refractivity contribution in [1.29, 1.82) is 0 Å². The highest BCUT2D eigenvalue weighted by Crippen LogP contribution is 2.56. The lowest BCUT2D eigenvalue weighted by Crippen LogP contribution is -2.37. The molecule has 3 nitrogen and oxygen atoms in total. The van der Waals surface area contributed by atoms with E-state index in [1.165, 1.54) is 12.8 Å². The van der Waals surface area contributed by atoms with E-state index in [1.54, 1.807) is 0 Å². The first-order valence-corrected chi connectivity index (χ1v) is 6.60. The largest absolute Gasteiger partial charge is 0.370 e. The lowest BCUT2D eigenvalue weighted by molar-refractivity contribution is 0.333. The van der Waals surface area contributed by atoms with Gasteiger partial charge in [0, 0.05) is 13.1 Å². The molecule has 94 valence electrons. The van der Waals surface area contributed by atoms with E-state index in [9.17, 15) is 0 Å². The Balaban J connectivity index is 2.66. The first kappa shape index (κ1) is 13.3. The highest BCUT2D eigenvalue weighted by molar-refractivity contribution is 5.78. The minimum atomic E-state index is 0.428. The van der Waals surface area contributed by atoms with Crippen molar-refractivity contribution >= 4 is 5.96 Å². The zero-order valence-electron chi connectivity index (χ0n) is 11.5. The van der Waals surface area contributed by atoms with Gasteiger partial charge in [-0.3, -0.25) is 0 Å². The number of hydrogen-bond acceptors (Lipinski definition) is 1. The lowest BCUT2D eigenvalue weighted by Gasteiger charge is -2.21. The van der Waals surface area contributed by atoms with Crippen LogP contribution >= 0.6 is 0 Å². The molecule has 16 heavy (non-hydrogen) atoms. The summed E-state index contributed by atoms with van der Waals surface area (Å²) in [5, 5.41) is 0. The third-order valence-corrected chi connectivity index (χ3v) is 4.26. The zero-order valence-corrected chi connectivity index (χ0v) is 11.5. The second-order valence-corrected chi connectivity index (χ2v) is 5.12. The summed E-state index contributed by atoms with van der Waals surface area (Å²) in [7, 11) is 0. The van der Waals surface area contributed by atoms with Gasteiger partial charge in [0.15, 0.2) is 5.96 Å². The zero-order chi connectivity index (χ0) is 12.3. The minimum absolute atomic E-state index is 0.428. The van der Waals surface area contributed by atoms with E-state index < -0.39 is 0 Å². The summed E-state index contributed by atoms with van der Waals surface area (Å²) in [4.78, 5) is 6.82. The molecule has 0 amide bonds. The van der Waals surface area contributed by atoms with Crippen molar-refractivity contribution in [3.63, 3.8) is 0 Å². The van der Waals surface area contributed by atoms with Crippen LogP contribution in [0.25, 0.3) is 0 Å². The maximum Gasteiger partial charge on any atom is 0.191 e. The van der Waals surface area contributed by atoms with Gasteiger partial charge in [-0.25, -0.2) is 4.99 Å². The number of rotatable bonds is 5. The molecule has 2 N–H and O–H groups in total. The summed E-state index contributed by atoms with van der Waals surface area (Å²) in [6, 6.07) is 0.457. The normalized spacial score (nSPS) is 29.6. The van der Waals surface area contributed by atoms with Gasteiger partial charge in [-0.05, 0) is 38.0 Å². The van der Waals surface area contributed by atoms with Crippen molar-refractivity contribution in [2.24, 2.45) is 22.1 Å². The van der Waals surface area contributed by atoms with Crippen LogP contribution in [0.5, 0.6) is 0 Å². The molecule has 2 atom stereocenters. The van der Waals surface area contributed by atoms with E-state index >= 15 is 0 Å². The van der Waals surface area contributed by atoms with Crippen molar-refractivity contribution in [3.8, 4) is 0 Å². The molecule has 1 aliphatic rings. The fourth-order valence-corrected chi connectivity index (χ4v) is 2.67. The average molecular weight is 225 g/mol. The summed E-state index contributed by atoms with van der Waals surface area (Å²) in [5.74, 6) is 1.43. The number of hydrogen-bond donors (Lipinski definition) is 1. The van der Waals surface area contributed by atoms with Crippen LogP contribution in [0, 0.1) is 11.3 Å². The quantitative estimate of drug-likeness (QED) is 0.577. The Labute approximate surface area is 100 Å². The van der Waals surface area contributed by atoms with Crippen LogP contribution in [-0.2, 0) is 0 Å². The molecule has 0 aromatic heterocycles. The van der Waals surface area contributed by atoms with Crippen LogP contribution in [0.1, 0.15) is 47.5 Å². The van der Waals surface area contributed by atoms with E-state index in [0.717, 1.165) is 19.0 Å². The SMILES string of the molecule is CCN(CC)C(N)=NC1CC1(CC)C(C)C. The molecule has 0 bridgehead atoms. The van der Waals surface area contributed by atoms with E-state index in [-0.39, 0.29) is 0 Å². The lowest BCUT2D eigenvalue weighted by atomic mass is 9.89. The number of nitrogens with zero attached hydrogens (tertiary/aromatic N) is 2. The Hall–Kier alpha value is -0.730. The molecule has 0 aromatic carbocycles. The molecule has 0 spiro atoms. The van der Waals surface area contributed by atoms with Crippen LogP contribution in [0.4, 0.5) is 0 Å². The first-order chi connectivity index (χ1) is 7.51. The van der Waals surface area contributed by atoms with Crippen LogP contribution in [-0.4, -0.2) is 30.0 Å². The van der Waals surface area contributed by atoms with E-state index in [4.69, 9.17) is 10.7 Å². The Morgan fingerprint density at radius 1 is 1.38 bits per heavy atom. The highest BCUT2D eigenvalue weighted by Gasteiger charge is 2.55. The molecule has 1 rings (SSSR count). The van der Waals surface area contributed by atoms with Crippen LogP contribution in [0.3, 0.4) is 0 Å². The highest BCUT2D eigenvalue weighted by atomic mass is 15.3. The third kappa shape index (κ3) is 2.33. The molecule has 3 heteroatoms. The summed E-state index contributed by atoms with van der Waals surface area (Å²) < 4.78 is 0. The van der Waals surface area contributed by atoms with Crippen LogP contribution in [0.2, 0.25) is 0 Å². The Morgan fingerprint density at radius 2 is 1.94 bits per heavy atom. The van der Waals surface area contributed by atoms with Gasteiger partial charge in [0.25, 0.3) is 0 Å². The minimum Gasteiger partial charge on any atom is -0.370 e. The van der Waals surface area contributed by atoms with Gasteiger partial charge in [0.05, 0.1) is 6.04 Å². The van der Waals surface area contributed by atoms with Gasteiger partial charge in [-0.2, -0.15) is 0 Å². The number of aliphatic imine (C=N–C) groups is 1.